The van der Waals surface area contributed by atoms with Gasteiger partial charge in [0.2, 0.25) is 0 Å². The van der Waals surface area contributed by atoms with E-state index in [9.17, 15) is 0 Å². The molecule has 2 heterocycles. The van der Waals surface area contributed by atoms with Gasteiger partial charge in [-0.3, -0.25) is 0 Å². The molecule has 2 aliphatic heterocycles. The molecule has 0 atom stereocenters. The van der Waals surface area contributed by atoms with Crippen LogP contribution in [-0.2, 0) is 0 Å². The highest BCUT2D eigenvalue weighted by Gasteiger charge is 2.37. The molecule has 0 aliphatic carbocycles. The minimum atomic E-state index is 0.549. The summed E-state index contributed by atoms with van der Waals surface area (Å²) >= 11 is 6.40. The third kappa shape index (κ3) is 2.99. The molecule has 3 rings (SSSR count). The van der Waals surface area contributed by atoms with Crippen LogP contribution in [0.5, 0.6) is 5.75 Å². The molecule has 0 bridgehead atoms. The highest BCUT2D eigenvalue weighted by molar-refractivity contribution is 6.33. The summed E-state index contributed by atoms with van der Waals surface area (Å²) in [4.78, 5) is 4.83. The van der Waals surface area contributed by atoms with Crippen LogP contribution in [0, 0.1) is 5.41 Å². The fourth-order valence-corrected chi connectivity index (χ4v) is 4.08. The molecule has 4 nitrogen and oxygen atoms in total. The van der Waals surface area contributed by atoms with Crippen LogP contribution in [0.1, 0.15) is 25.7 Å². The van der Waals surface area contributed by atoms with Gasteiger partial charge in [-0.2, -0.15) is 0 Å². The van der Waals surface area contributed by atoms with Gasteiger partial charge in [-0.15, -0.1) is 0 Å². The molecule has 0 aromatic heterocycles. The average Bonchev–Trinajstić information content (AvgIpc) is 2.52. The zero-order valence-electron chi connectivity index (χ0n) is 13.6. The Morgan fingerprint density at radius 2 is 1.68 bits per heavy atom. The van der Waals surface area contributed by atoms with Gasteiger partial charge in [0.1, 0.15) is 5.75 Å². The molecular weight excluding hydrogens is 298 g/mol. The van der Waals surface area contributed by atoms with E-state index in [0.29, 0.717) is 16.9 Å². The lowest BCUT2D eigenvalue weighted by atomic mass is 9.71. The maximum Gasteiger partial charge on any atom is 0.143 e. The Morgan fingerprint density at radius 1 is 1.09 bits per heavy atom. The number of ether oxygens (including phenoxy) is 1. The van der Waals surface area contributed by atoms with Crippen molar-refractivity contribution in [3.8, 4) is 5.75 Å². The minimum Gasteiger partial charge on any atom is -0.495 e. The fourth-order valence-electron chi connectivity index (χ4n) is 3.79. The van der Waals surface area contributed by atoms with Crippen LogP contribution in [0.25, 0.3) is 0 Å². The Balaban J connectivity index is 1.71. The van der Waals surface area contributed by atoms with E-state index in [-0.39, 0.29) is 0 Å². The van der Waals surface area contributed by atoms with E-state index in [2.05, 4.69) is 16.8 Å². The first kappa shape index (κ1) is 15.8. The summed E-state index contributed by atoms with van der Waals surface area (Å²) in [5.41, 5.74) is 8.12. The van der Waals surface area contributed by atoms with Crippen molar-refractivity contribution < 1.29 is 4.74 Å². The Kier molecular flexibility index (Phi) is 4.42. The van der Waals surface area contributed by atoms with Crippen molar-refractivity contribution in [1.82, 2.24) is 4.90 Å². The lowest BCUT2D eigenvalue weighted by Gasteiger charge is -2.47. The first-order chi connectivity index (χ1) is 10.5. The number of halogens is 1. The number of piperidine rings is 2. The van der Waals surface area contributed by atoms with Gasteiger partial charge in [0.25, 0.3) is 0 Å². The van der Waals surface area contributed by atoms with Crippen LogP contribution >= 0.6 is 11.6 Å². The Hall–Kier alpha value is -1.13. The van der Waals surface area contributed by atoms with Crippen molar-refractivity contribution in [3.63, 3.8) is 0 Å². The summed E-state index contributed by atoms with van der Waals surface area (Å²) < 4.78 is 5.34. The molecule has 2 fully saturated rings. The fraction of sp³-hybridized carbons (Fsp3) is 0.647. The molecule has 2 N–H and O–H groups in total. The van der Waals surface area contributed by atoms with Crippen molar-refractivity contribution in [2.24, 2.45) is 5.41 Å². The third-order valence-corrected chi connectivity index (χ3v) is 5.81. The molecule has 2 aliphatic rings. The number of anilines is 2. The number of nitrogen functional groups attached to an aromatic ring is 1. The molecule has 122 valence electrons. The summed E-state index contributed by atoms with van der Waals surface area (Å²) in [7, 11) is 3.87. The molecule has 0 radical (unpaired) electrons. The summed E-state index contributed by atoms with van der Waals surface area (Å²) in [6, 6.07) is 3.78. The molecule has 22 heavy (non-hydrogen) atoms. The Bertz CT molecular complexity index is 531. The average molecular weight is 324 g/mol. The first-order valence-electron chi connectivity index (χ1n) is 8.09. The van der Waals surface area contributed by atoms with Gasteiger partial charge in [0, 0.05) is 19.2 Å². The van der Waals surface area contributed by atoms with E-state index >= 15 is 0 Å². The smallest absolute Gasteiger partial charge is 0.143 e. The largest absolute Gasteiger partial charge is 0.495 e. The van der Waals surface area contributed by atoms with E-state index in [1.807, 2.05) is 6.07 Å². The van der Waals surface area contributed by atoms with Gasteiger partial charge in [0.05, 0.1) is 23.5 Å². The second kappa shape index (κ2) is 6.17. The molecule has 0 unspecified atom stereocenters. The quantitative estimate of drug-likeness (QED) is 0.848. The molecule has 1 aromatic rings. The first-order valence-corrected chi connectivity index (χ1v) is 8.47. The van der Waals surface area contributed by atoms with E-state index in [1.165, 1.54) is 38.8 Å². The van der Waals surface area contributed by atoms with Crippen LogP contribution in [0.3, 0.4) is 0 Å². The van der Waals surface area contributed by atoms with Gasteiger partial charge in [-0.05, 0) is 57.3 Å². The summed E-state index contributed by atoms with van der Waals surface area (Å²) in [5.74, 6) is 0.707. The minimum absolute atomic E-state index is 0.549. The van der Waals surface area contributed by atoms with Gasteiger partial charge in [0.15, 0.2) is 0 Å². The Morgan fingerprint density at radius 3 is 2.27 bits per heavy atom. The molecule has 1 aromatic carbocycles. The van der Waals surface area contributed by atoms with Gasteiger partial charge < -0.3 is 20.3 Å². The van der Waals surface area contributed by atoms with Gasteiger partial charge in [-0.25, -0.2) is 0 Å². The highest BCUT2D eigenvalue weighted by Crippen LogP contribution is 2.43. The maximum atomic E-state index is 6.40. The second-order valence-electron chi connectivity index (χ2n) is 6.84. The van der Waals surface area contributed by atoms with Gasteiger partial charge in [-0.1, -0.05) is 11.6 Å². The van der Waals surface area contributed by atoms with Crippen LogP contribution in [0.15, 0.2) is 12.1 Å². The Labute approximate surface area is 138 Å². The van der Waals surface area contributed by atoms with Crippen molar-refractivity contribution >= 4 is 23.0 Å². The monoisotopic (exact) mass is 323 g/mol. The predicted molar refractivity (Wildman–Crippen MR) is 93.0 cm³/mol. The zero-order valence-corrected chi connectivity index (χ0v) is 14.3. The van der Waals surface area contributed by atoms with Gasteiger partial charge >= 0.3 is 0 Å². The number of likely N-dealkylation sites (tertiary alicyclic amines) is 1. The standard InChI is InChI=1S/C17H26ClN3O/c1-20-7-3-17(4-8-20)5-9-21(10-6-17)15-12-16(22-2)14(19)11-13(15)18/h11-12H,3-10,19H2,1-2H3. The van der Waals surface area contributed by atoms with Crippen molar-refractivity contribution in [3.05, 3.63) is 17.2 Å². The van der Waals surface area contributed by atoms with Crippen molar-refractivity contribution in [1.29, 1.82) is 0 Å². The summed E-state index contributed by atoms with van der Waals surface area (Å²) in [5, 5.41) is 0.720. The molecule has 2 saturated heterocycles. The number of nitrogens with two attached hydrogens (primary N) is 1. The SMILES string of the molecule is COc1cc(N2CCC3(CCN(C)CC3)CC2)c(Cl)cc1N. The number of rotatable bonds is 2. The van der Waals surface area contributed by atoms with Crippen molar-refractivity contribution in [2.45, 2.75) is 25.7 Å². The predicted octanol–water partition coefficient (Wildman–Crippen LogP) is 3.24. The highest BCUT2D eigenvalue weighted by atomic mass is 35.5. The van der Waals surface area contributed by atoms with Crippen molar-refractivity contribution in [2.75, 3.05) is 51.0 Å². The number of hydrogen-bond donors (Lipinski definition) is 1. The zero-order chi connectivity index (χ0) is 15.7. The number of nitrogens with zero attached hydrogens (tertiary/aromatic N) is 2. The third-order valence-electron chi connectivity index (χ3n) is 5.51. The van der Waals surface area contributed by atoms with Crippen LogP contribution in [0.2, 0.25) is 5.02 Å². The molecular formula is C17H26ClN3O. The van der Waals surface area contributed by atoms with E-state index in [4.69, 9.17) is 22.1 Å². The summed E-state index contributed by atoms with van der Waals surface area (Å²) in [6.07, 6.45) is 5.17. The normalized spacial score (nSPS) is 22.0. The van der Waals surface area contributed by atoms with Crippen LogP contribution in [0.4, 0.5) is 11.4 Å². The topological polar surface area (TPSA) is 41.7 Å². The number of hydrogen-bond acceptors (Lipinski definition) is 4. The molecule has 0 saturated carbocycles. The number of benzene rings is 1. The van der Waals surface area contributed by atoms with E-state index in [0.717, 1.165) is 23.8 Å². The summed E-state index contributed by atoms with van der Waals surface area (Å²) in [6.45, 7) is 4.60. The van der Waals surface area contributed by atoms with E-state index in [1.54, 1.807) is 13.2 Å². The lowest BCUT2D eigenvalue weighted by Crippen LogP contribution is -2.46. The maximum absolute atomic E-state index is 6.40. The molecule has 1 spiro atoms. The van der Waals surface area contributed by atoms with E-state index < -0.39 is 0 Å². The van der Waals surface area contributed by atoms with Crippen LogP contribution < -0.4 is 15.4 Å². The number of methoxy groups -OCH3 is 1. The molecule has 5 heteroatoms. The molecule has 0 amide bonds. The van der Waals surface area contributed by atoms with Crippen LogP contribution in [-0.4, -0.2) is 45.2 Å². The second-order valence-corrected chi connectivity index (χ2v) is 7.24. The lowest BCUT2D eigenvalue weighted by molar-refractivity contribution is 0.0945.